The predicted octanol–water partition coefficient (Wildman–Crippen LogP) is 2.06. The smallest absolute Gasteiger partial charge is 0.183 e. The number of H-pyrrole nitrogens is 1. The molecule has 80 valence electrons. The topological polar surface area (TPSA) is 50.2 Å². The molecule has 0 aliphatic rings. The van der Waals surface area contributed by atoms with Crippen LogP contribution in [-0.4, -0.2) is 14.6 Å². The quantitative estimate of drug-likeness (QED) is 0.697. The van der Waals surface area contributed by atoms with Crippen molar-refractivity contribution in [2.24, 2.45) is 0 Å². The Morgan fingerprint density at radius 2 is 2.25 bits per heavy atom. The van der Waals surface area contributed by atoms with Crippen molar-refractivity contribution in [2.75, 3.05) is 0 Å². The van der Waals surface area contributed by atoms with Crippen molar-refractivity contribution in [3.05, 3.63) is 45.6 Å². The van der Waals surface area contributed by atoms with E-state index in [1.165, 1.54) is 17.0 Å². The van der Waals surface area contributed by atoms with Gasteiger partial charge in [-0.15, -0.1) is 11.3 Å². The molecule has 0 aliphatic heterocycles. The lowest BCUT2D eigenvalue weighted by atomic mass is 10.4. The molecule has 3 aromatic heterocycles. The number of hydrogen-bond acceptors (Lipinski definition) is 3. The second-order valence-corrected chi connectivity index (χ2v) is 4.86. The van der Waals surface area contributed by atoms with E-state index < -0.39 is 0 Å². The highest BCUT2D eigenvalue weighted by Crippen LogP contribution is 2.24. The summed E-state index contributed by atoms with van der Waals surface area (Å²) in [6, 6.07) is 7.10. The second kappa shape index (κ2) is 3.31. The van der Waals surface area contributed by atoms with E-state index in [9.17, 15) is 4.79 Å². The number of nitrogens with one attached hydrogen (secondary N) is 1. The summed E-state index contributed by atoms with van der Waals surface area (Å²) in [5, 5.41) is 3.13. The first-order valence-electron chi connectivity index (χ1n) is 4.88. The zero-order valence-corrected chi connectivity index (χ0v) is 9.41. The van der Waals surface area contributed by atoms with Gasteiger partial charge < -0.3 is 0 Å². The zero-order chi connectivity index (χ0) is 11.1. The average Bonchev–Trinajstić information content (AvgIpc) is 2.83. The van der Waals surface area contributed by atoms with Crippen molar-refractivity contribution >= 4 is 17.0 Å². The number of hydrogen-bond donors (Lipinski definition) is 1. The summed E-state index contributed by atoms with van der Waals surface area (Å²) in [6.07, 6.45) is 1.69. The number of thiophene rings is 1. The van der Waals surface area contributed by atoms with E-state index >= 15 is 0 Å². The molecule has 0 saturated carbocycles. The summed E-state index contributed by atoms with van der Waals surface area (Å²) < 4.78 is 1.74. The Balaban J connectivity index is 2.22. The first-order chi connectivity index (χ1) is 7.72. The molecule has 0 unspecified atom stereocenters. The van der Waals surface area contributed by atoms with Gasteiger partial charge in [-0.2, -0.15) is 0 Å². The lowest BCUT2D eigenvalue weighted by Crippen LogP contribution is -1.98. The van der Waals surface area contributed by atoms with E-state index in [0.717, 1.165) is 10.7 Å². The number of nitrogens with zero attached hydrogens (tertiary/aromatic N) is 2. The Bertz CT molecular complexity index is 707. The summed E-state index contributed by atoms with van der Waals surface area (Å²) in [5.74, 6) is 0.795. The van der Waals surface area contributed by atoms with Crippen molar-refractivity contribution in [1.82, 2.24) is 14.6 Å². The van der Waals surface area contributed by atoms with Gasteiger partial charge in [0, 0.05) is 23.2 Å². The third kappa shape index (κ3) is 1.45. The van der Waals surface area contributed by atoms with Gasteiger partial charge in [0.15, 0.2) is 16.9 Å². The minimum atomic E-state index is -0.0274. The Morgan fingerprint density at radius 3 is 3.00 bits per heavy atom. The van der Waals surface area contributed by atoms with Crippen LogP contribution >= 0.6 is 11.3 Å². The summed E-state index contributed by atoms with van der Waals surface area (Å²) in [5.41, 5.74) is 0.619. The van der Waals surface area contributed by atoms with Crippen LogP contribution in [0, 0.1) is 6.92 Å². The summed E-state index contributed by atoms with van der Waals surface area (Å²) in [7, 11) is 0. The van der Waals surface area contributed by atoms with Crippen LogP contribution in [0.4, 0.5) is 0 Å². The molecule has 3 aromatic rings. The van der Waals surface area contributed by atoms with Crippen LogP contribution in [-0.2, 0) is 0 Å². The van der Waals surface area contributed by atoms with Gasteiger partial charge in [-0.3, -0.25) is 9.89 Å². The van der Waals surface area contributed by atoms with E-state index in [1.807, 2.05) is 6.07 Å². The highest BCUT2D eigenvalue weighted by molar-refractivity contribution is 7.15. The van der Waals surface area contributed by atoms with Crippen LogP contribution in [0.15, 0.2) is 35.3 Å². The number of aromatic nitrogens is 3. The van der Waals surface area contributed by atoms with Crippen LogP contribution < -0.4 is 5.43 Å². The maximum Gasteiger partial charge on any atom is 0.183 e. The van der Waals surface area contributed by atoms with Gasteiger partial charge in [-0.25, -0.2) is 9.50 Å². The fourth-order valence-electron chi connectivity index (χ4n) is 1.58. The normalized spacial score (nSPS) is 11.1. The Hall–Kier alpha value is -1.88. The van der Waals surface area contributed by atoms with Gasteiger partial charge in [-0.1, -0.05) is 0 Å². The Kier molecular flexibility index (Phi) is 1.94. The summed E-state index contributed by atoms with van der Waals surface area (Å²) in [6.45, 7) is 2.06. The molecule has 3 heterocycles. The molecule has 16 heavy (non-hydrogen) atoms. The molecular weight excluding hydrogens is 222 g/mol. The first kappa shape index (κ1) is 9.35. The number of aryl methyl sites for hydroxylation is 1. The van der Waals surface area contributed by atoms with Crippen LogP contribution in [0.3, 0.4) is 0 Å². The largest absolute Gasteiger partial charge is 0.290 e. The van der Waals surface area contributed by atoms with Gasteiger partial charge in [-0.05, 0) is 19.1 Å². The zero-order valence-electron chi connectivity index (χ0n) is 8.60. The van der Waals surface area contributed by atoms with Crippen molar-refractivity contribution in [2.45, 2.75) is 6.92 Å². The van der Waals surface area contributed by atoms with Gasteiger partial charge >= 0.3 is 0 Å². The molecule has 0 spiro atoms. The number of aromatic amines is 1. The maximum absolute atomic E-state index is 11.2. The molecular formula is C11H9N3OS. The number of pyridine rings is 1. The van der Waals surface area contributed by atoms with E-state index in [2.05, 4.69) is 23.1 Å². The van der Waals surface area contributed by atoms with Gasteiger partial charge in [0.2, 0.25) is 0 Å². The lowest BCUT2D eigenvalue weighted by Gasteiger charge is -1.88. The first-order valence-corrected chi connectivity index (χ1v) is 5.69. The summed E-state index contributed by atoms with van der Waals surface area (Å²) >= 11 is 1.68. The number of rotatable bonds is 1. The molecule has 0 amide bonds. The Morgan fingerprint density at radius 1 is 1.38 bits per heavy atom. The Labute approximate surface area is 95.2 Å². The molecule has 5 heteroatoms. The van der Waals surface area contributed by atoms with Gasteiger partial charge in [0.05, 0.1) is 4.88 Å². The molecule has 0 aliphatic carbocycles. The molecule has 0 bridgehead atoms. The fraction of sp³-hybridized carbons (Fsp3) is 0.0909. The van der Waals surface area contributed by atoms with Gasteiger partial charge in [0.25, 0.3) is 0 Å². The van der Waals surface area contributed by atoms with Gasteiger partial charge in [0.1, 0.15) is 0 Å². The van der Waals surface area contributed by atoms with Crippen molar-refractivity contribution in [1.29, 1.82) is 0 Å². The predicted molar refractivity (Wildman–Crippen MR) is 63.9 cm³/mol. The molecule has 0 saturated heterocycles. The minimum Gasteiger partial charge on any atom is -0.290 e. The van der Waals surface area contributed by atoms with E-state index in [0.29, 0.717) is 5.65 Å². The standard InChI is InChI=1S/C11H9N3OS/c1-7-2-3-9(16-7)11-12-10-6-8(15)4-5-14(10)13-11/h2-6H,1H3,(H,12,13). The maximum atomic E-state index is 11.2. The highest BCUT2D eigenvalue weighted by Gasteiger charge is 2.06. The molecule has 4 nitrogen and oxygen atoms in total. The van der Waals surface area contributed by atoms with Crippen LogP contribution in [0.2, 0.25) is 0 Å². The second-order valence-electron chi connectivity index (χ2n) is 3.57. The number of fused-ring (bicyclic) bond motifs is 1. The van der Waals surface area contributed by atoms with E-state index in [-0.39, 0.29) is 5.43 Å². The fourth-order valence-corrected chi connectivity index (χ4v) is 2.38. The molecule has 0 aromatic carbocycles. The van der Waals surface area contributed by atoms with Crippen LogP contribution in [0.5, 0.6) is 0 Å². The summed E-state index contributed by atoms with van der Waals surface area (Å²) in [4.78, 5) is 17.9. The third-order valence-corrected chi connectivity index (χ3v) is 3.34. The van der Waals surface area contributed by atoms with E-state index in [4.69, 9.17) is 0 Å². The van der Waals surface area contributed by atoms with Crippen molar-refractivity contribution < 1.29 is 0 Å². The van der Waals surface area contributed by atoms with Crippen molar-refractivity contribution in [3.8, 4) is 10.7 Å². The SMILES string of the molecule is Cc1ccc(-c2nc3cc(=O)ccn3[nH]2)s1. The van der Waals surface area contributed by atoms with Crippen LogP contribution in [0.25, 0.3) is 16.3 Å². The lowest BCUT2D eigenvalue weighted by molar-refractivity contribution is 0.964. The molecule has 0 radical (unpaired) electrons. The highest BCUT2D eigenvalue weighted by atomic mass is 32.1. The molecule has 3 rings (SSSR count). The monoisotopic (exact) mass is 231 g/mol. The molecule has 0 atom stereocenters. The van der Waals surface area contributed by atoms with Crippen molar-refractivity contribution in [3.63, 3.8) is 0 Å². The van der Waals surface area contributed by atoms with Crippen LogP contribution in [0.1, 0.15) is 4.88 Å². The third-order valence-electron chi connectivity index (χ3n) is 2.33. The van der Waals surface area contributed by atoms with E-state index in [1.54, 1.807) is 22.0 Å². The molecule has 1 N–H and O–H groups in total. The minimum absolute atomic E-state index is 0.0274. The average molecular weight is 231 g/mol. The molecule has 0 fully saturated rings.